The molecule has 2 aliphatic rings. The lowest BCUT2D eigenvalue weighted by molar-refractivity contribution is -0.271. The number of phenolic OH excluding ortho intramolecular Hbond substituents is 1. The van der Waals surface area contributed by atoms with Crippen molar-refractivity contribution in [1.82, 2.24) is 9.47 Å². The predicted octanol–water partition coefficient (Wildman–Crippen LogP) is 3.90. The summed E-state index contributed by atoms with van der Waals surface area (Å²) in [6.07, 6.45) is -5.08. The summed E-state index contributed by atoms with van der Waals surface area (Å²) < 4.78 is 52.8. The molecule has 0 spiro atoms. The SMILES string of the molecule is [2H]C([2H])(Oc1ccc(Cn2c(-c3ccc(O[C@@H]4O[C@H](C(=O)O)[C@@H](O)[C@H](O)[C@H]4O)cc3)c(C)c3cc(O)ccc32)cc1)C([2H])([2H])N1CCCCCC1. The molecule has 1 aromatic heterocycles. The number of aliphatic carboxylic acids is 1. The van der Waals surface area contributed by atoms with Crippen molar-refractivity contribution in [2.75, 3.05) is 26.1 Å². The number of aromatic hydroxyl groups is 1. The fourth-order valence-electron chi connectivity index (χ4n) is 6.20. The molecule has 0 unspecified atom stereocenters. The first-order valence-corrected chi connectivity index (χ1v) is 15.7. The number of carboxylic acids is 1. The van der Waals surface area contributed by atoms with Gasteiger partial charge in [0.25, 0.3) is 0 Å². The first-order chi connectivity index (χ1) is 24.2. The molecule has 2 saturated heterocycles. The zero-order valence-electron chi connectivity index (χ0n) is 30.0. The molecule has 0 saturated carbocycles. The van der Waals surface area contributed by atoms with E-state index in [4.69, 9.17) is 19.7 Å². The molecule has 5 N–H and O–H groups in total. The number of nitrogens with zero attached hydrogens (tertiary/aromatic N) is 2. The van der Waals surface area contributed by atoms with Crippen LogP contribution in [0.25, 0.3) is 22.2 Å². The summed E-state index contributed by atoms with van der Waals surface area (Å²) in [5.74, 6) is -1.00. The van der Waals surface area contributed by atoms with Gasteiger partial charge in [-0.15, -0.1) is 0 Å². The molecule has 3 heterocycles. The highest BCUT2D eigenvalue weighted by molar-refractivity contribution is 5.92. The third-order valence-corrected chi connectivity index (χ3v) is 8.74. The number of ether oxygens (including phenoxy) is 3. The van der Waals surface area contributed by atoms with Crippen molar-refractivity contribution in [2.24, 2.45) is 0 Å². The molecule has 0 bridgehead atoms. The van der Waals surface area contributed by atoms with E-state index in [1.54, 1.807) is 60.7 Å². The van der Waals surface area contributed by atoms with Gasteiger partial charge >= 0.3 is 5.97 Å². The number of rotatable bonds is 10. The van der Waals surface area contributed by atoms with Gasteiger partial charge in [-0.1, -0.05) is 25.0 Å². The van der Waals surface area contributed by atoms with Crippen LogP contribution in [-0.4, -0.2) is 97.8 Å². The minimum atomic E-state index is -2.60. The van der Waals surface area contributed by atoms with Crippen LogP contribution in [0.1, 0.15) is 42.3 Å². The van der Waals surface area contributed by atoms with E-state index in [2.05, 4.69) is 4.57 Å². The maximum atomic E-state index is 11.5. The lowest BCUT2D eigenvalue weighted by atomic mass is 9.99. The highest BCUT2D eigenvalue weighted by Gasteiger charge is 2.48. The molecule has 6 rings (SSSR count). The van der Waals surface area contributed by atoms with Crippen molar-refractivity contribution >= 4 is 16.9 Å². The summed E-state index contributed by atoms with van der Waals surface area (Å²) in [6.45, 7) is -1.68. The number of hydrogen-bond donors (Lipinski definition) is 5. The Morgan fingerprint density at radius 1 is 0.915 bits per heavy atom. The van der Waals surface area contributed by atoms with Gasteiger partial charge in [-0.25, -0.2) is 4.79 Å². The average Bonchev–Trinajstić information content (AvgIpc) is 3.24. The van der Waals surface area contributed by atoms with Gasteiger partial charge in [-0.05, 0) is 104 Å². The van der Waals surface area contributed by atoms with E-state index in [9.17, 15) is 30.3 Å². The smallest absolute Gasteiger partial charge is 0.335 e. The molecule has 47 heavy (non-hydrogen) atoms. The van der Waals surface area contributed by atoms with Crippen LogP contribution < -0.4 is 9.47 Å². The van der Waals surface area contributed by atoms with Crippen LogP contribution >= 0.6 is 0 Å². The number of hydrogen-bond acceptors (Lipinski definition) is 9. The topological polar surface area (TPSA) is 154 Å². The molecule has 4 aromatic rings. The number of phenols is 1. The third kappa shape index (κ3) is 7.24. The Morgan fingerprint density at radius 2 is 1.60 bits per heavy atom. The van der Waals surface area contributed by atoms with Gasteiger partial charge in [0.1, 0.15) is 42.1 Å². The molecule has 11 nitrogen and oxygen atoms in total. The number of carboxylic acid groups (broad SMARTS) is 1. The summed E-state index contributed by atoms with van der Waals surface area (Å²) >= 11 is 0. The van der Waals surface area contributed by atoms with E-state index < -0.39 is 49.7 Å². The third-order valence-electron chi connectivity index (χ3n) is 8.74. The number of fused-ring (bicyclic) bond motifs is 1. The van der Waals surface area contributed by atoms with Gasteiger partial charge in [-0.2, -0.15) is 0 Å². The van der Waals surface area contributed by atoms with Gasteiger partial charge in [-0.3, -0.25) is 4.90 Å². The monoisotopic (exact) mass is 650 g/mol. The van der Waals surface area contributed by atoms with Gasteiger partial charge < -0.3 is 44.3 Å². The van der Waals surface area contributed by atoms with Gasteiger partial charge in [0.15, 0.2) is 6.10 Å². The van der Waals surface area contributed by atoms with Crippen molar-refractivity contribution < 1.29 is 50.0 Å². The molecule has 250 valence electrons. The van der Waals surface area contributed by atoms with Crippen molar-refractivity contribution in [1.29, 1.82) is 0 Å². The van der Waals surface area contributed by atoms with E-state index in [0.29, 0.717) is 19.6 Å². The summed E-state index contributed by atoms with van der Waals surface area (Å²) in [7, 11) is 0. The molecule has 0 radical (unpaired) electrons. The fraction of sp³-hybridized carbons (Fsp3) is 0.417. The largest absolute Gasteiger partial charge is 0.508 e. The second-order valence-corrected chi connectivity index (χ2v) is 12.0. The van der Waals surface area contributed by atoms with E-state index in [0.717, 1.165) is 59.0 Å². The summed E-state index contributed by atoms with van der Waals surface area (Å²) in [4.78, 5) is 13.0. The Hall–Kier alpha value is -4.13. The molecule has 5 atom stereocenters. The highest BCUT2D eigenvalue weighted by Crippen LogP contribution is 2.37. The Morgan fingerprint density at radius 3 is 2.28 bits per heavy atom. The first-order valence-electron chi connectivity index (χ1n) is 17.7. The number of aryl methyl sites for hydroxylation is 1. The lowest BCUT2D eigenvalue weighted by Gasteiger charge is -2.38. The van der Waals surface area contributed by atoms with E-state index in [1.165, 1.54) is 4.90 Å². The first kappa shape index (κ1) is 27.9. The van der Waals surface area contributed by atoms with Crippen LogP contribution in [0.4, 0.5) is 0 Å². The number of aromatic nitrogens is 1. The Balaban J connectivity index is 1.24. The van der Waals surface area contributed by atoms with Crippen molar-refractivity contribution in [3.05, 3.63) is 77.9 Å². The van der Waals surface area contributed by atoms with E-state index in [1.807, 2.05) is 13.0 Å². The Kier molecular flexibility index (Phi) is 8.51. The van der Waals surface area contributed by atoms with Crippen LogP contribution in [0, 0.1) is 6.92 Å². The van der Waals surface area contributed by atoms with Crippen LogP contribution in [-0.2, 0) is 16.1 Å². The average molecular weight is 651 g/mol. The number of benzene rings is 3. The number of likely N-dealkylation sites (tertiary alicyclic amines) is 1. The van der Waals surface area contributed by atoms with E-state index >= 15 is 0 Å². The predicted molar refractivity (Wildman–Crippen MR) is 175 cm³/mol. The quantitative estimate of drug-likeness (QED) is 0.171. The fourth-order valence-corrected chi connectivity index (χ4v) is 6.20. The standard InChI is InChI=1S/C36H42N2O9/c1-22-28-20-25(39)10-15-29(28)38(21-23-6-11-26(12-7-23)45-19-18-37-16-4-2-3-5-17-37)30(22)24-8-13-27(14-9-24)46-36-33(42)31(40)32(41)34(47-36)35(43)44/h6-15,20,31-34,36,39-42H,2-5,16-19,21H2,1H3,(H,43,44)/t31-,32-,33+,34-,36+/m0/s1/i18D2,19D2. The molecule has 0 aliphatic carbocycles. The lowest BCUT2D eigenvalue weighted by Crippen LogP contribution is -2.61. The van der Waals surface area contributed by atoms with Crippen molar-refractivity contribution in [2.45, 2.75) is 69.9 Å². The van der Waals surface area contributed by atoms with Crippen LogP contribution in [0.5, 0.6) is 17.2 Å². The van der Waals surface area contributed by atoms with Gasteiger partial charge in [0.2, 0.25) is 6.29 Å². The van der Waals surface area contributed by atoms with Crippen molar-refractivity contribution in [3.63, 3.8) is 0 Å². The van der Waals surface area contributed by atoms with Crippen LogP contribution in [0.3, 0.4) is 0 Å². The minimum absolute atomic E-state index is 0.104. The molecule has 0 amide bonds. The highest BCUT2D eigenvalue weighted by atomic mass is 16.7. The normalized spacial score (nSPS) is 25.7. The second kappa shape index (κ2) is 14.3. The zero-order chi connectivity index (χ0) is 36.7. The van der Waals surface area contributed by atoms with Crippen LogP contribution in [0.2, 0.25) is 0 Å². The molecular weight excluding hydrogens is 604 g/mol. The van der Waals surface area contributed by atoms with Crippen LogP contribution in [0.15, 0.2) is 66.7 Å². The summed E-state index contributed by atoms with van der Waals surface area (Å²) in [5, 5.41) is 50.9. The van der Waals surface area contributed by atoms with E-state index in [-0.39, 0.29) is 17.2 Å². The molecule has 3 aromatic carbocycles. The minimum Gasteiger partial charge on any atom is -0.508 e. The molecule has 2 aliphatic heterocycles. The Labute approximate surface area is 278 Å². The van der Waals surface area contributed by atoms with Gasteiger partial charge in [0, 0.05) is 26.7 Å². The number of aliphatic hydroxyl groups is 3. The zero-order valence-corrected chi connectivity index (χ0v) is 26.0. The summed E-state index contributed by atoms with van der Waals surface area (Å²) in [5.41, 5.74) is 4.16. The summed E-state index contributed by atoms with van der Waals surface area (Å²) in [6, 6.07) is 18.6. The molecule has 11 heteroatoms. The second-order valence-electron chi connectivity index (χ2n) is 12.0. The molecular formula is C36H42N2O9. The number of carbonyl (C=O) groups is 1. The maximum absolute atomic E-state index is 11.5. The van der Waals surface area contributed by atoms with Crippen molar-refractivity contribution in [3.8, 4) is 28.5 Å². The number of aliphatic hydroxyl groups excluding tert-OH is 3. The van der Waals surface area contributed by atoms with Gasteiger partial charge in [0.05, 0.1) is 8.44 Å². The maximum Gasteiger partial charge on any atom is 0.335 e. The Bertz CT molecular complexity index is 1840. The molecule has 2 fully saturated rings.